The summed E-state index contributed by atoms with van der Waals surface area (Å²) in [5, 5.41) is 2.31. The number of imidazole rings is 2. The van der Waals surface area contributed by atoms with Crippen LogP contribution in [-0.2, 0) is 0 Å². The van der Waals surface area contributed by atoms with Crippen molar-refractivity contribution in [2.24, 2.45) is 0 Å². The largest absolute Gasteiger partial charge is 0.457 e. The average molecular weight is 542 g/mol. The average Bonchev–Trinajstić information content (AvgIpc) is 3.68. The molecule has 9 aromatic rings. The Labute approximate surface area is 240 Å². The third-order valence-corrected chi connectivity index (χ3v) is 7.93. The van der Waals surface area contributed by atoms with Crippen LogP contribution in [0, 0.1) is 0 Å². The van der Waals surface area contributed by atoms with E-state index in [2.05, 4.69) is 111 Å². The van der Waals surface area contributed by atoms with Gasteiger partial charge in [0.15, 0.2) is 0 Å². The van der Waals surface area contributed by atoms with Gasteiger partial charge >= 0.3 is 0 Å². The topological polar surface area (TPSA) is 49.3 Å². The van der Waals surface area contributed by atoms with E-state index in [-0.39, 0.29) is 0 Å². The van der Waals surface area contributed by atoms with Gasteiger partial charge in [0.1, 0.15) is 17.1 Å². The number of aromatic nitrogens is 5. The molecule has 4 aromatic heterocycles. The highest BCUT2D eigenvalue weighted by molar-refractivity contribution is 6.07. The smallest absolute Gasteiger partial charge is 0.220 e. The molecule has 0 atom stereocenters. The van der Waals surface area contributed by atoms with Crippen molar-refractivity contribution >= 4 is 49.8 Å². The predicted molar refractivity (Wildman–Crippen MR) is 168 cm³/mol. The Kier molecular flexibility index (Phi) is 4.80. The molecule has 0 N–H and O–H groups in total. The van der Waals surface area contributed by atoms with E-state index >= 15 is 0 Å². The highest BCUT2D eigenvalue weighted by Gasteiger charge is 2.17. The molecule has 5 aromatic carbocycles. The quantitative estimate of drug-likeness (QED) is 0.224. The number of pyridine rings is 1. The maximum atomic E-state index is 6.49. The van der Waals surface area contributed by atoms with Gasteiger partial charge < -0.3 is 4.74 Å². The maximum absolute atomic E-state index is 6.49. The van der Waals surface area contributed by atoms with Gasteiger partial charge in [0.25, 0.3) is 0 Å². The first-order valence-corrected chi connectivity index (χ1v) is 13.9. The van der Waals surface area contributed by atoms with Gasteiger partial charge in [0, 0.05) is 29.1 Å². The van der Waals surface area contributed by atoms with Gasteiger partial charge in [-0.05, 0) is 66.7 Å². The van der Waals surface area contributed by atoms with Gasteiger partial charge in [0.2, 0.25) is 5.78 Å². The van der Waals surface area contributed by atoms with E-state index in [0.29, 0.717) is 0 Å². The van der Waals surface area contributed by atoms with E-state index in [1.807, 2.05) is 42.6 Å². The Bertz CT molecular complexity index is 2410. The lowest BCUT2D eigenvalue weighted by atomic mass is 10.2. The monoisotopic (exact) mass is 541 g/mol. The Hall–Kier alpha value is -5.88. The summed E-state index contributed by atoms with van der Waals surface area (Å²) in [4.78, 5) is 9.73. The number of para-hydroxylation sites is 5. The van der Waals surface area contributed by atoms with Crippen molar-refractivity contribution in [1.82, 2.24) is 23.5 Å². The molecule has 0 aliphatic heterocycles. The summed E-state index contributed by atoms with van der Waals surface area (Å²) in [6.45, 7) is 0. The number of fused-ring (bicyclic) bond motifs is 8. The van der Waals surface area contributed by atoms with E-state index in [0.717, 1.165) is 67.3 Å². The fraction of sp³-hybridized carbons (Fsp3) is 0. The van der Waals surface area contributed by atoms with Crippen LogP contribution in [0.15, 0.2) is 140 Å². The van der Waals surface area contributed by atoms with Crippen molar-refractivity contribution in [1.29, 1.82) is 0 Å². The number of hydrogen-bond donors (Lipinski definition) is 0. The summed E-state index contributed by atoms with van der Waals surface area (Å²) >= 11 is 0. The highest BCUT2D eigenvalue weighted by Crippen LogP contribution is 2.34. The van der Waals surface area contributed by atoms with E-state index < -0.39 is 0 Å². The lowest BCUT2D eigenvalue weighted by molar-refractivity contribution is 0.482. The zero-order chi connectivity index (χ0) is 27.6. The number of hydrogen-bond acceptors (Lipinski definition) is 3. The highest BCUT2D eigenvalue weighted by atomic mass is 16.5. The Morgan fingerprint density at radius 2 is 1.14 bits per heavy atom. The number of ether oxygens (including phenoxy) is 1. The van der Waals surface area contributed by atoms with Crippen LogP contribution in [-0.4, -0.2) is 23.5 Å². The van der Waals surface area contributed by atoms with Crippen LogP contribution in [0.2, 0.25) is 0 Å². The van der Waals surface area contributed by atoms with Gasteiger partial charge in [-0.15, -0.1) is 0 Å². The van der Waals surface area contributed by atoms with Crippen LogP contribution in [0.5, 0.6) is 11.5 Å². The Morgan fingerprint density at radius 3 is 1.95 bits per heavy atom. The molecule has 198 valence electrons. The second-order valence-corrected chi connectivity index (χ2v) is 10.4. The minimum absolute atomic E-state index is 0.747. The Balaban J connectivity index is 1.16. The molecule has 0 amide bonds. The molecule has 6 heteroatoms. The summed E-state index contributed by atoms with van der Waals surface area (Å²) in [6.07, 6.45) is 1.84. The summed E-state index contributed by atoms with van der Waals surface area (Å²) in [5.74, 6) is 2.37. The summed E-state index contributed by atoms with van der Waals surface area (Å²) in [5.41, 5.74) is 8.27. The second kappa shape index (κ2) is 8.81. The van der Waals surface area contributed by atoms with E-state index in [9.17, 15) is 0 Å². The molecule has 9 rings (SSSR count). The first-order chi connectivity index (χ1) is 20.8. The lowest BCUT2D eigenvalue weighted by Gasteiger charge is -2.12. The second-order valence-electron chi connectivity index (χ2n) is 10.4. The van der Waals surface area contributed by atoms with E-state index in [4.69, 9.17) is 14.7 Å². The predicted octanol–water partition coefficient (Wildman–Crippen LogP) is 8.72. The lowest BCUT2D eigenvalue weighted by Crippen LogP contribution is -1.97. The van der Waals surface area contributed by atoms with E-state index in [1.165, 1.54) is 5.39 Å². The normalized spacial score (nSPS) is 11.8. The molecule has 0 unspecified atom stereocenters. The molecular formula is C36H23N5O. The standard InChI is InChI=1S/C36H23N5O/c1-3-17-31-28(14-1)29-15-9-21-37-35(29)39(31)24-10-7-12-26(22-24)42-27-13-8-11-25(23-27)40-33-19-5-6-20-34(33)41-32-18-4-2-16-30(32)38-36(40)41/h1-23H. The maximum Gasteiger partial charge on any atom is 0.220 e. The molecular weight excluding hydrogens is 518 g/mol. The van der Waals surface area contributed by atoms with Crippen LogP contribution < -0.4 is 4.74 Å². The molecule has 42 heavy (non-hydrogen) atoms. The first-order valence-electron chi connectivity index (χ1n) is 13.9. The van der Waals surface area contributed by atoms with Crippen molar-refractivity contribution in [3.8, 4) is 22.9 Å². The van der Waals surface area contributed by atoms with Crippen LogP contribution >= 0.6 is 0 Å². The van der Waals surface area contributed by atoms with Crippen LogP contribution in [0.3, 0.4) is 0 Å². The van der Waals surface area contributed by atoms with Crippen LogP contribution in [0.1, 0.15) is 0 Å². The van der Waals surface area contributed by atoms with Gasteiger partial charge in [-0.3, -0.25) is 13.5 Å². The number of rotatable bonds is 4. The summed E-state index contributed by atoms with van der Waals surface area (Å²) < 4.78 is 13.1. The first kappa shape index (κ1) is 22.9. The summed E-state index contributed by atoms with van der Waals surface area (Å²) in [6, 6.07) is 45.5. The molecule has 0 bridgehead atoms. The molecule has 0 radical (unpaired) electrons. The fourth-order valence-electron chi connectivity index (χ4n) is 6.17. The van der Waals surface area contributed by atoms with Crippen molar-refractivity contribution in [3.63, 3.8) is 0 Å². The van der Waals surface area contributed by atoms with E-state index in [1.54, 1.807) is 0 Å². The van der Waals surface area contributed by atoms with Crippen molar-refractivity contribution in [3.05, 3.63) is 140 Å². The minimum Gasteiger partial charge on any atom is -0.457 e. The third kappa shape index (κ3) is 3.32. The Morgan fingerprint density at radius 1 is 0.500 bits per heavy atom. The van der Waals surface area contributed by atoms with Gasteiger partial charge in [-0.25, -0.2) is 9.97 Å². The SMILES string of the molecule is c1cc(Oc2cccc(-n3c4ccccc4n4c5ccccc5nc34)c2)cc(-n2c3ccccc3c3cccnc32)c1. The number of nitrogens with zero attached hydrogens (tertiary/aromatic N) is 5. The van der Waals surface area contributed by atoms with Crippen molar-refractivity contribution in [2.75, 3.05) is 0 Å². The fourth-order valence-corrected chi connectivity index (χ4v) is 6.17. The zero-order valence-electron chi connectivity index (χ0n) is 22.4. The molecule has 0 spiro atoms. The molecule has 0 fully saturated rings. The van der Waals surface area contributed by atoms with Gasteiger partial charge in [-0.2, -0.15) is 0 Å². The van der Waals surface area contributed by atoms with Crippen LogP contribution in [0.4, 0.5) is 0 Å². The molecule has 0 aliphatic rings. The van der Waals surface area contributed by atoms with Gasteiger partial charge in [-0.1, -0.05) is 54.6 Å². The number of benzene rings is 5. The molecule has 0 saturated carbocycles. The molecule has 0 aliphatic carbocycles. The zero-order valence-corrected chi connectivity index (χ0v) is 22.4. The molecule has 0 saturated heterocycles. The van der Waals surface area contributed by atoms with Crippen molar-refractivity contribution < 1.29 is 4.74 Å². The molecule has 4 heterocycles. The minimum atomic E-state index is 0.747. The van der Waals surface area contributed by atoms with Gasteiger partial charge in [0.05, 0.1) is 39.0 Å². The van der Waals surface area contributed by atoms with Crippen molar-refractivity contribution in [2.45, 2.75) is 0 Å². The van der Waals surface area contributed by atoms with Crippen LogP contribution in [0.25, 0.3) is 61.2 Å². The summed E-state index contributed by atoms with van der Waals surface area (Å²) in [7, 11) is 0. The third-order valence-electron chi connectivity index (χ3n) is 7.93. The molecule has 6 nitrogen and oxygen atoms in total.